The van der Waals surface area contributed by atoms with Crippen molar-refractivity contribution < 1.29 is 0 Å². The van der Waals surface area contributed by atoms with Crippen LogP contribution in [0, 0.1) is 0 Å². The summed E-state index contributed by atoms with van der Waals surface area (Å²) >= 11 is 3.75. The molecule has 3 heteroatoms. The molecule has 0 bridgehead atoms. The lowest BCUT2D eigenvalue weighted by atomic mass is 9.67. The Morgan fingerprint density at radius 3 is 1.88 bits per heavy atom. The first-order valence-electron chi connectivity index (χ1n) is 13.6. The number of nitrogens with one attached hydrogen (secondary N) is 1. The van der Waals surface area contributed by atoms with Gasteiger partial charge in [0.05, 0.1) is 5.41 Å². The molecule has 1 spiro atoms. The van der Waals surface area contributed by atoms with Crippen molar-refractivity contribution in [1.29, 1.82) is 0 Å². The molecule has 1 N–H and O–H groups in total. The highest BCUT2D eigenvalue weighted by atomic mass is 32.2. The van der Waals surface area contributed by atoms with E-state index in [-0.39, 0.29) is 5.41 Å². The molecule has 0 radical (unpaired) electrons. The number of anilines is 2. The molecule has 0 atom stereocenters. The first-order chi connectivity index (χ1) is 19.8. The van der Waals surface area contributed by atoms with E-state index in [2.05, 4.69) is 139 Å². The molecule has 1 nitrogen and oxygen atoms in total. The molecule has 0 unspecified atom stereocenters. The van der Waals surface area contributed by atoms with Gasteiger partial charge in [-0.25, -0.2) is 0 Å². The van der Waals surface area contributed by atoms with Gasteiger partial charge in [0.2, 0.25) is 0 Å². The van der Waals surface area contributed by atoms with Gasteiger partial charge in [0.1, 0.15) is 0 Å². The topological polar surface area (TPSA) is 12.0 Å². The third-order valence-electron chi connectivity index (χ3n) is 8.51. The standard InChI is InChI=1S/C37H23NS2/c1-3-11-29-25(9-1)26-19-17-24(38-23-18-20-34-28(21-23)27-10-2-6-14-33(27)39-34)22-32(26)37(29)30-12-4-7-15-35(30)40-36-16-8-5-13-31(36)37/h1-22,38H. The van der Waals surface area contributed by atoms with Crippen LogP contribution in [0.15, 0.2) is 143 Å². The highest BCUT2D eigenvalue weighted by molar-refractivity contribution is 7.99. The van der Waals surface area contributed by atoms with E-state index < -0.39 is 0 Å². The van der Waals surface area contributed by atoms with Gasteiger partial charge < -0.3 is 5.32 Å². The van der Waals surface area contributed by atoms with Crippen molar-refractivity contribution in [1.82, 2.24) is 0 Å². The Morgan fingerprint density at radius 1 is 0.450 bits per heavy atom. The summed E-state index contributed by atoms with van der Waals surface area (Å²) in [6, 6.07) is 49.3. The number of hydrogen-bond acceptors (Lipinski definition) is 3. The number of thiophene rings is 1. The molecule has 9 rings (SSSR count). The molecule has 1 aliphatic heterocycles. The monoisotopic (exact) mass is 545 g/mol. The van der Waals surface area contributed by atoms with E-state index in [1.165, 1.54) is 63.3 Å². The van der Waals surface area contributed by atoms with Crippen LogP contribution in [0.5, 0.6) is 0 Å². The maximum atomic E-state index is 3.78. The fourth-order valence-electron chi connectivity index (χ4n) is 6.90. The lowest BCUT2D eigenvalue weighted by Crippen LogP contribution is -2.31. The van der Waals surface area contributed by atoms with Crippen molar-refractivity contribution in [3.05, 3.63) is 156 Å². The molecule has 2 aliphatic rings. The van der Waals surface area contributed by atoms with Gasteiger partial charge in [-0.2, -0.15) is 0 Å². The normalized spacial score (nSPS) is 14.1. The number of benzene rings is 6. The molecule has 1 aliphatic carbocycles. The number of hydrogen-bond donors (Lipinski definition) is 1. The summed E-state index contributed by atoms with van der Waals surface area (Å²) in [4.78, 5) is 2.66. The number of fused-ring (bicyclic) bond motifs is 12. The summed E-state index contributed by atoms with van der Waals surface area (Å²) in [5.41, 5.74) is 9.97. The van der Waals surface area contributed by atoms with Crippen LogP contribution >= 0.6 is 23.1 Å². The van der Waals surface area contributed by atoms with Gasteiger partial charge in [-0.15, -0.1) is 11.3 Å². The number of rotatable bonds is 2. The summed E-state index contributed by atoms with van der Waals surface area (Å²) in [7, 11) is 0. The Balaban J connectivity index is 1.26. The van der Waals surface area contributed by atoms with Crippen LogP contribution in [0.1, 0.15) is 22.3 Å². The third kappa shape index (κ3) is 2.99. The second kappa shape index (κ2) is 8.34. The van der Waals surface area contributed by atoms with Crippen LogP contribution < -0.4 is 5.32 Å². The van der Waals surface area contributed by atoms with Crippen LogP contribution in [0.2, 0.25) is 0 Å². The molecule has 2 heterocycles. The first-order valence-corrected chi connectivity index (χ1v) is 15.2. The fraction of sp³-hybridized carbons (Fsp3) is 0.0270. The maximum Gasteiger partial charge on any atom is 0.0736 e. The quantitative estimate of drug-likeness (QED) is 0.232. The minimum Gasteiger partial charge on any atom is -0.355 e. The molecule has 0 fully saturated rings. The highest BCUT2D eigenvalue weighted by Gasteiger charge is 2.50. The van der Waals surface area contributed by atoms with Crippen molar-refractivity contribution in [3.8, 4) is 11.1 Å². The van der Waals surface area contributed by atoms with Crippen LogP contribution in [0.3, 0.4) is 0 Å². The summed E-state index contributed by atoms with van der Waals surface area (Å²) in [6.45, 7) is 0. The molecule has 1 aromatic heterocycles. The molecule has 0 amide bonds. The van der Waals surface area contributed by atoms with Crippen molar-refractivity contribution in [2.45, 2.75) is 15.2 Å². The van der Waals surface area contributed by atoms with E-state index in [1.807, 2.05) is 23.1 Å². The van der Waals surface area contributed by atoms with Gasteiger partial charge in [0, 0.05) is 41.3 Å². The van der Waals surface area contributed by atoms with Gasteiger partial charge in [0.25, 0.3) is 0 Å². The van der Waals surface area contributed by atoms with Crippen molar-refractivity contribution in [2.24, 2.45) is 0 Å². The molecule has 0 saturated heterocycles. The molecule has 0 saturated carbocycles. The second-order valence-electron chi connectivity index (χ2n) is 10.6. The first kappa shape index (κ1) is 22.5. The van der Waals surface area contributed by atoms with E-state index in [4.69, 9.17) is 0 Å². The SMILES string of the molecule is c1ccc2c(c1)Sc1ccccc1C21c2ccccc2-c2ccc(Nc3ccc4sc5ccccc5c4c3)cc21. The van der Waals surface area contributed by atoms with Crippen LogP contribution in [-0.4, -0.2) is 0 Å². The van der Waals surface area contributed by atoms with Gasteiger partial charge in [-0.1, -0.05) is 96.7 Å². The Hall–Kier alpha value is -4.31. The smallest absolute Gasteiger partial charge is 0.0736 e. The van der Waals surface area contributed by atoms with Crippen molar-refractivity contribution in [2.75, 3.05) is 5.32 Å². The summed E-state index contributed by atoms with van der Waals surface area (Å²) in [5, 5.41) is 6.41. The Labute approximate surface area is 241 Å². The minimum absolute atomic E-state index is 0.352. The lowest BCUT2D eigenvalue weighted by molar-refractivity contribution is 0.722. The van der Waals surface area contributed by atoms with E-state index >= 15 is 0 Å². The molecular formula is C37H23NS2. The van der Waals surface area contributed by atoms with E-state index in [0.29, 0.717) is 0 Å². The zero-order valence-corrected chi connectivity index (χ0v) is 23.2. The van der Waals surface area contributed by atoms with Crippen molar-refractivity contribution in [3.63, 3.8) is 0 Å². The zero-order valence-electron chi connectivity index (χ0n) is 21.5. The molecule has 7 aromatic rings. The maximum absolute atomic E-state index is 3.78. The second-order valence-corrected chi connectivity index (χ2v) is 12.8. The Morgan fingerprint density at radius 2 is 1.05 bits per heavy atom. The average molecular weight is 546 g/mol. The Kier molecular flexibility index (Phi) is 4.69. The highest BCUT2D eigenvalue weighted by Crippen LogP contribution is 2.62. The predicted octanol–water partition coefficient (Wildman–Crippen LogP) is 10.6. The largest absolute Gasteiger partial charge is 0.355 e. The zero-order chi connectivity index (χ0) is 26.3. The van der Waals surface area contributed by atoms with E-state index in [1.54, 1.807) is 0 Å². The summed E-state index contributed by atoms with van der Waals surface area (Å²) in [6.07, 6.45) is 0. The average Bonchev–Trinajstić information content (AvgIpc) is 3.51. The van der Waals surface area contributed by atoms with Gasteiger partial charge in [0.15, 0.2) is 0 Å². The van der Waals surface area contributed by atoms with Gasteiger partial charge >= 0.3 is 0 Å². The van der Waals surface area contributed by atoms with Gasteiger partial charge in [-0.05, 0) is 81.9 Å². The van der Waals surface area contributed by atoms with Crippen LogP contribution in [0.4, 0.5) is 11.4 Å². The van der Waals surface area contributed by atoms with Crippen LogP contribution in [-0.2, 0) is 5.41 Å². The van der Waals surface area contributed by atoms with Gasteiger partial charge in [-0.3, -0.25) is 0 Å². The summed E-state index contributed by atoms with van der Waals surface area (Å²) < 4.78 is 2.66. The van der Waals surface area contributed by atoms with E-state index in [9.17, 15) is 0 Å². The molecule has 188 valence electrons. The minimum atomic E-state index is -0.352. The van der Waals surface area contributed by atoms with Crippen molar-refractivity contribution >= 4 is 54.6 Å². The lowest BCUT2D eigenvalue weighted by Gasteiger charge is -2.39. The predicted molar refractivity (Wildman–Crippen MR) is 170 cm³/mol. The molecule has 40 heavy (non-hydrogen) atoms. The molecule has 6 aromatic carbocycles. The third-order valence-corrected chi connectivity index (χ3v) is 10.8. The molecular weight excluding hydrogens is 523 g/mol. The van der Waals surface area contributed by atoms with Crippen LogP contribution in [0.25, 0.3) is 31.3 Å². The fourth-order valence-corrected chi connectivity index (χ4v) is 9.18. The Bertz CT molecular complexity index is 2090. The van der Waals surface area contributed by atoms with E-state index in [0.717, 1.165) is 11.4 Å². The summed E-state index contributed by atoms with van der Waals surface area (Å²) in [5.74, 6) is 0.